The second-order valence-corrected chi connectivity index (χ2v) is 20.3. The van der Waals surface area contributed by atoms with E-state index in [1.807, 2.05) is 30.3 Å². The number of carbonyl (C=O) groups is 1. The number of benzene rings is 1. The van der Waals surface area contributed by atoms with Gasteiger partial charge in [0.05, 0.1) is 21.1 Å². The summed E-state index contributed by atoms with van der Waals surface area (Å²) in [6.07, 6.45) is -2.01. The maximum Gasteiger partial charge on any atom is 0.434 e. The lowest BCUT2D eigenvalue weighted by Crippen LogP contribution is -2.71. The molecule has 202 valence electrons. The number of hydrogen-bond donors (Lipinski definition) is 0. The van der Waals surface area contributed by atoms with Crippen molar-refractivity contribution < 1.29 is 33.4 Å². The van der Waals surface area contributed by atoms with Crippen molar-refractivity contribution in [3.8, 4) is 0 Å². The number of carbonyl (C=O) groups excluding carboxylic acids is 1. The molecule has 2 bridgehead atoms. The SMILES string of the molecule is [3H][C@@H]1O[C@]23CO[Si](C(C)C)(C(C)C)O[Si](C(C)C)(C(C)C)OC2[C@@H]1ON(C(=O)OCc1ccccc1)C3. The summed E-state index contributed by atoms with van der Waals surface area (Å²) in [7, 11) is -5.73. The largest absolute Gasteiger partial charge is 0.443 e. The Morgan fingerprint density at radius 2 is 1.67 bits per heavy atom. The van der Waals surface area contributed by atoms with E-state index in [-0.39, 0.29) is 41.9 Å². The molecule has 10 heteroatoms. The maximum absolute atomic E-state index is 13.1. The van der Waals surface area contributed by atoms with E-state index in [9.17, 15) is 4.79 Å². The summed E-state index contributed by atoms with van der Waals surface area (Å²) in [6.45, 7) is 16.6. The monoisotopic (exact) mass is 539 g/mol. The van der Waals surface area contributed by atoms with E-state index in [2.05, 4.69) is 55.4 Å². The predicted molar refractivity (Wildman–Crippen MR) is 141 cm³/mol. The van der Waals surface area contributed by atoms with Crippen molar-refractivity contribution >= 4 is 23.2 Å². The van der Waals surface area contributed by atoms with Crippen LogP contribution in [0.1, 0.15) is 62.3 Å². The van der Waals surface area contributed by atoms with Crippen LogP contribution in [0.4, 0.5) is 4.79 Å². The maximum atomic E-state index is 13.1. The van der Waals surface area contributed by atoms with Gasteiger partial charge >= 0.3 is 23.2 Å². The van der Waals surface area contributed by atoms with Gasteiger partial charge < -0.3 is 22.4 Å². The van der Waals surface area contributed by atoms with E-state index >= 15 is 0 Å². The summed E-state index contributed by atoms with van der Waals surface area (Å²) < 4.78 is 41.7. The van der Waals surface area contributed by atoms with E-state index in [0.717, 1.165) is 5.56 Å². The van der Waals surface area contributed by atoms with E-state index in [1.165, 1.54) is 5.06 Å². The Kier molecular flexibility index (Phi) is 7.66. The Balaban J connectivity index is 1.68. The lowest BCUT2D eigenvalue weighted by atomic mass is 9.95. The third kappa shape index (κ3) is 4.81. The highest BCUT2D eigenvalue weighted by Crippen LogP contribution is 2.50. The molecule has 0 radical (unpaired) electrons. The van der Waals surface area contributed by atoms with Gasteiger partial charge in [0.1, 0.15) is 24.4 Å². The minimum absolute atomic E-state index is 0.0541. The van der Waals surface area contributed by atoms with Crippen molar-refractivity contribution in [1.82, 2.24) is 5.06 Å². The molecule has 3 saturated heterocycles. The Morgan fingerprint density at radius 1 is 1.06 bits per heavy atom. The van der Waals surface area contributed by atoms with Crippen LogP contribution in [-0.2, 0) is 33.9 Å². The molecule has 1 unspecified atom stereocenters. The Labute approximate surface area is 219 Å². The molecule has 3 fully saturated rings. The van der Waals surface area contributed by atoms with Crippen LogP contribution in [0.3, 0.4) is 0 Å². The molecule has 1 aromatic carbocycles. The number of hydrogen-bond acceptors (Lipinski definition) is 7. The molecule has 4 rings (SSSR count). The van der Waals surface area contributed by atoms with Crippen LogP contribution in [0.15, 0.2) is 30.3 Å². The summed E-state index contributed by atoms with van der Waals surface area (Å²) in [5.41, 5.74) is 0.440. The number of nitrogens with zero attached hydrogens (tertiary/aromatic N) is 1. The molecule has 4 atom stereocenters. The molecular formula is C26H43NO7Si2. The smallest absolute Gasteiger partial charge is 0.434 e. The van der Waals surface area contributed by atoms with Crippen molar-refractivity contribution in [2.24, 2.45) is 0 Å². The fourth-order valence-corrected chi connectivity index (χ4v) is 16.9. The number of rotatable bonds is 6. The second kappa shape index (κ2) is 10.5. The highest BCUT2D eigenvalue weighted by Gasteiger charge is 2.67. The zero-order valence-electron chi connectivity index (χ0n) is 23.9. The van der Waals surface area contributed by atoms with Crippen molar-refractivity contribution in [1.29, 1.82) is 0 Å². The van der Waals surface area contributed by atoms with Gasteiger partial charge in [-0.2, -0.15) is 5.06 Å². The van der Waals surface area contributed by atoms with Crippen LogP contribution >= 0.6 is 0 Å². The van der Waals surface area contributed by atoms with Crippen LogP contribution in [0, 0.1) is 0 Å². The molecule has 36 heavy (non-hydrogen) atoms. The Hall–Kier alpha value is -1.28. The van der Waals surface area contributed by atoms with Gasteiger partial charge in [0.15, 0.2) is 0 Å². The number of hydroxylamine groups is 2. The molecule has 8 nitrogen and oxygen atoms in total. The molecule has 3 aliphatic rings. The van der Waals surface area contributed by atoms with Crippen molar-refractivity contribution in [2.75, 3.05) is 19.7 Å². The van der Waals surface area contributed by atoms with Gasteiger partial charge in [-0.1, -0.05) is 85.7 Å². The molecule has 1 aromatic rings. The average molecular weight is 540 g/mol. The normalized spacial score (nSPS) is 31.8. The fraction of sp³-hybridized carbons (Fsp3) is 0.731. The number of ether oxygens (including phenoxy) is 2. The minimum Gasteiger partial charge on any atom is -0.443 e. The lowest BCUT2D eigenvalue weighted by molar-refractivity contribution is -0.248. The van der Waals surface area contributed by atoms with E-state index in [4.69, 9.17) is 28.6 Å². The van der Waals surface area contributed by atoms with Crippen molar-refractivity contribution in [2.45, 2.75) is 102 Å². The van der Waals surface area contributed by atoms with Crippen molar-refractivity contribution in [3.63, 3.8) is 0 Å². The topological polar surface area (TPSA) is 75.7 Å². The minimum atomic E-state index is -2.92. The first kappa shape index (κ1) is 26.3. The zero-order chi connectivity index (χ0) is 27.2. The van der Waals surface area contributed by atoms with Crippen molar-refractivity contribution in [3.05, 3.63) is 35.9 Å². The van der Waals surface area contributed by atoms with Gasteiger partial charge in [-0.25, -0.2) is 4.79 Å². The standard InChI is InChI=1S/C26H43NO7Si2/c1-18(2)35(19(3)4)31-17-26-16-27(25(28)29-14-22-12-10-9-11-13-22)32-23(15-30-26)24(26)33-36(34-35,20(5)6)21(7)8/h9-13,18-21,23-24H,14-17H2,1-8H3/t23-,24?,26-/m1/s1/i15T/t15-,23+,24?,26+/m0. The summed E-state index contributed by atoms with van der Waals surface area (Å²) >= 11 is 0. The van der Waals surface area contributed by atoms with E-state index in [1.54, 1.807) is 0 Å². The molecule has 1 amide bonds. The quantitative estimate of drug-likeness (QED) is 0.432. The van der Waals surface area contributed by atoms with Gasteiger partial charge in [0, 0.05) is 0 Å². The van der Waals surface area contributed by atoms with Crippen LogP contribution in [0.2, 0.25) is 22.2 Å². The summed E-state index contributed by atoms with van der Waals surface area (Å²) in [4.78, 5) is 19.1. The van der Waals surface area contributed by atoms with E-state index in [0.29, 0.717) is 0 Å². The van der Waals surface area contributed by atoms with Crippen LogP contribution in [0.25, 0.3) is 0 Å². The average Bonchev–Trinajstić information content (AvgIpc) is 2.97. The molecule has 0 saturated carbocycles. The van der Waals surface area contributed by atoms with Gasteiger partial charge in [0.2, 0.25) is 0 Å². The molecule has 0 aliphatic carbocycles. The second-order valence-electron chi connectivity index (χ2n) is 11.5. The highest BCUT2D eigenvalue weighted by atomic mass is 28.5. The van der Waals surface area contributed by atoms with Crippen LogP contribution in [0.5, 0.6) is 0 Å². The summed E-state index contributed by atoms with van der Waals surface area (Å²) in [5.74, 6) is 0. The van der Waals surface area contributed by atoms with E-state index < -0.39 is 47.6 Å². The molecule has 0 aromatic heterocycles. The van der Waals surface area contributed by atoms with Crippen LogP contribution < -0.4 is 0 Å². The van der Waals surface area contributed by atoms with Gasteiger partial charge in [-0.15, -0.1) is 0 Å². The first-order valence-corrected chi connectivity index (χ1v) is 17.1. The van der Waals surface area contributed by atoms with Crippen LogP contribution in [-0.4, -0.2) is 65.8 Å². The fourth-order valence-electron chi connectivity index (χ4n) is 5.66. The molecule has 0 N–H and O–H groups in total. The molecule has 3 aliphatic heterocycles. The van der Waals surface area contributed by atoms with Gasteiger partial charge in [-0.05, 0) is 27.7 Å². The Morgan fingerprint density at radius 3 is 2.25 bits per heavy atom. The summed E-state index contributed by atoms with van der Waals surface area (Å²) in [6, 6.07) is 9.49. The molecular weight excluding hydrogens is 494 g/mol. The third-order valence-corrected chi connectivity index (χ3v) is 17.9. The lowest BCUT2D eigenvalue weighted by Gasteiger charge is -2.55. The molecule has 0 spiro atoms. The van der Waals surface area contributed by atoms with Gasteiger partial charge in [0.25, 0.3) is 0 Å². The Bertz CT molecular complexity index is 934. The zero-order valence-corrected chi connectivity index (χ0v) is 24.9. The third-order valence-electron chi connectivity index (χ3n) is 7.71. The first-order chi connectivity index (χ1) is 17.4. The number of amides is 1. The molecule has 3 heterocycles. The predicted octanol–water partition coefficient (Wildman–Crippen LogP) is 5.66. The highest BCUT2D eigenvalue weighted by molar-refractivity contribution is 6.84. The van der Waals surface area contributed by atoms with Gasteiger partial charge in [-0.3, -0.25) is 4.84 Å². The summed E-state index contributed by atoms with van der Waals surface area (Å²) in [5, 5.41) is 1.19. The first-order valence-electron chi connectivity index (χ1n) is 13.7.